The summed E-state index contributed by atoms with van der Waals surface area (Å²) in [5, 5.41) is 24.2. The molecule has 1 amide bonds. The zero-order valence-electron chi connectivity index (χ0n) is 17.8. The zero-order valence-corrected chi connectivity index (χ0v) is 17.8. The third-order valence-corrected chi connectivity index (χ3v) is 5.89. The average molecular weight is 455 g/mol. The highest BCUT2D eigenvalue weighted by molar-refractivity contribution is 5.98. The normalized spacial score (nSPS) is 15.0. The van der Waals surface area contributed by atoms with E-state index in [2.05, 4.69) is 10.2 Å². The van der Waals surface area contributed by atoms with Gasteiger partial charge in [0.05, 0.1) is 4.92 Å². The molecular weight excluding hydrogens is 433 g/mol. The molecule has 3 aromatic rings. The number of rotatable bonds is 5. The van der Waals surface area contributed by atoms with Gasteiger partial charge >= 0.3 is 11.3 Å². The summed E-state index contributed by atoms with van der Waals surface area (Å²) in [5.41, 5.74) is -0.622. The van der Waals surface area contributed by atoms with Gasteiger partial charge in [-0.15, -0.1) is 0 Å². The van der Waals surface area contributed by atoms with Crippen molar-refractivity contribution in [2.45, 2.75) is 32.4 Å². The van der Waals surface area contributed by atoms with E-state index < -0.39 is 27.9 Å². The molecule has 0 bridgehead atoms. The Labute approximate surface area is 187 Å². The number of hydrogen-bond acceptors (Lipinski definition) is 7. The topological polar surface area (TPSA) is 126 Å². The van der Waals surface area contributed by atoms with Crippen LogP contribution in [-0.4, -0.2) is 40.0 Å². The molecule has 10 heteroatoms. The van der Waals surface area contributed by atoms with Crippen LogP contribution in [0, 0.1) is 22.9 Å². The Morgan fingerprint density at radius 3 is 2.58 bits per heavy atom. The van der Waals surface area contributed by atoms with E-state index in [4.69, 9.17) is 4.42 Å². The predicted molar refractivity (Wildman–Crippen MR) is 118 cm³/mol. The largest absolute Gasteiger partial charge is 0.502 e. The van der Waals surface area contributed by atoms with Crippen LogP contribution in [0.4, 0.5) is 10.1 Å². The average Bonchev–Trinajstić information content (AvgIpc) is 2.79. The van der Waals surface area contributed by atoms with Crippen molar-refractivity contribution in [3.8, 4) is 5.75 Å². The number of hydrogen-bond donors (Lipinski definition) is 2. The highest BCUT2D eigenvalue weighted by Gasteiger charge is 2.25. The summed E-state index contributed by atoms with van der Waals surface area (Å²) >= 11 is 0. The molecule has 2 heterocycles. The van der Waals surface area contributed by atoms with Gasteiger partial charge < -0.3 is 14.8 Å². The molecule has 1 aromatic heterocycles. The van der Waals surface area contributed by atoms with Crippen molar-refractivity contribution in [2.75, 3.05) is 13.1 Å². The van der Waals surface area contributed by atoms with Crippen LogP contribution in [0.1, 0.15) is 34.3 Å². The lowest BCUT2D eigenvalue weighted by molar-refractivity contribution is -0.385. The standard InChI is InChI=1S/C23H22FN3O6/c1-13-20(28)19(27(31)32)11-15-10-18(23(30)33-21(13)15)22(29)25-17-6-8-26(9-7-17)12-14-2-4-16(24)5-3-14/h2-5,10-11,17,28H,6-9,12H2,1H3,(H,25,29). The van der Waals surface area contributed by atoms with Gasteiger partial charge in [0.25, 0.3) is 5.91 Å². The fraction of sp³-hybridized carbons (Fsp3) is 0.304. The van der Waals surface area contributed by atoms with Crippen LogP contribution < -0.4 is 10.9 Å². The molecule has 1 aliphatic heterocycles. The number of halogens is 1. The molecule has 0 radical (unpaired) electrons. The summed E-state index contributed by atoms with van der Waals surface area (Å²) in [5.74, 6) is -1.48. The Balaban J connectivity index is 1.45. The summed E-state index contributed by atoms with van der Waals surface area (Å²) in [6.45, 7) is 3.52. The van der Waals surface area contributed by atoms with Crippen molar-refractivity contribution >= 4 is 22.6 Å². The first kappa shape index (κ1) is 22.4. The van der Waals surface area contributed by atoms with Crippen LogP contribution in [0.25, 0.3) is 11.0 Å². The number of aryl methyl sites for hydroxylation is 1. The molecule has 172 valence electrons. The highest BCUT2D eigenvalue weighted by atomic mass is 19.1. The first-order chi connectivity index (χ1) is 15.7. The third-order valence-electron chi connectivity index (χ3n) is 5.89. The van der Waals surface area contributed by atoms with Gasteiger partial charge in [-0.1, -0.05) is 12.1 Å². The summed E-state index contributed by atoms with van der Waals surface area (Å²) in [4.78, 5) is 37.8. The Morgan fingerprint density at radius 1 is 1.27 bits per heavy atom. The van der Waals surface area contributed by atoms with E-state index in [9.17, 15) is 29.2 Å². The van der Waals surface area contributed by atoms with Crippen LogP contribution >= 0.6 is 0 Å². The van der Waals surface area contributed by atoms with Gasteiger partial charge in [0, 0.05) is 42.7 Å². The monoisotopic (exact) mass is 455 g/mol. The maximum Gasteiger partial charge on any atom is 0.349 e. The molecule has 0 saturated carbocycles. The number of nitrogens with one attached hydrogen (secondary N) is 1. The quantitative estimate of drug-likeness (QED) is 0.344. The van der Waals surface area contributed by atoms with Crippen molar-refractivity contribution in [3.63, 3.8) is 0 Å². The van der Waals surface area contributed by atoms with Crippen LogP contribution in [0.5, 0.6) is 5.75 Å². The molecule has 0 unspecified atom stereocenters. The lowest BCUT2D eigenvalue weighted by Crippen LogP contribution is -2.45. The van der Waals surface area contributed by atoms with Crippen LogP contribution in [0.2, 0.25) is 0 Å². The number of carbonyl (C=O) groups is 1. The fourth-order valence-corrected chi connectivity index (χ4v) is 4.05. The number of phenolic OH excluding ortho intramolecular Hbond substituents is 1. The molecular formula is C23H22FN3O6. The molecule has 1 aliphatic rings. The molecule has 33 heavy (non-hydrogen) atoms. The van der Waals surface area contributed by atoms with E-state index in [0.29, 0.717) is 19.4 Å². The smallest absolute Gasteiger partial charge is 0.349 e. The molecule has 4 rings (SSSR count). The van der Waals surface area contributed by atoms with E-state index in [1.165, 1.54) is 25.1 Å². The van der Waals surface area contributed by atoms with Crippen molar-refractivity contribution < 1.29 is 23.6 Å². The van der Waals surface area contributed by atoms with E-state index in [0.717, 1.165) is 24.7 Å². The maximum atomic E-state index is 13.1. The van der Waals surface area contributed by atoms with Gasteiger partial charge in [0.2, 0.25) is 5.75 Å². The summed E-state index contributed by atoms with van der Waals surface area (Å²) in [6.07, 6.45) is 1.34. The molecule has 0 spiro atoms. The Bertz CT molecular complexity index is 1280. The second kappa shape index (κ2) is 8.99. The number of carbonyl (C=O) groups excluding carboxylic acids is 1. The zero-order chi connectivity index (χ0) is 23.7. The van der Waals surface area contributed by atoms with Gasteiger partial charge in [0.1, 0.15) is 17.0 Å². The van der Waals surface area contributed by atoms with Gasteiger partial charge in [-0.25, -0.2) is 9.18 Å². The van der Waals surface area contributed by atoms with Gasteiger partial charge in [-0.05, 0) is 43.5 Å². The summed E-state index contributed by atoms with van der Waals surface area (Å²) in [6, 6.07) is 8.52. The summed E-state index contributed by atoms with van der Waals surface area (Å²) in [7, 11) is 0. The fourth-order valence-electron chi connectivity index (χ4n) is 4.05. The van der Waals surface area contributed by atoms with E-state index in [1.807, 2.05) is 0 Å². The molecule has 2 N–H and O–H groups in total. The Morgan fingerprint density at radius 2 is 1.94 bits per heavy atom. The number of aromatic hydroxyl groups is 1. The van der Waals surface area contributed by atoms with Gasteiger partial charge in [0.15, 0.2) is 0 Å². The second-order valence-electron chi connectivity index (χ2n) is 8.14. The number of piperidine rings is 1. The summed E-state index contributed by atoms with van der Waals surface area (Å²) < 4.78 is 18.3. The van der Waals surface area contributed by atoms with E-state index in [-0.39, 0.29) is 34.0 Å². The number of amides is 1. The lowest BCUT2D eigenvalue weighted by Gasteiger charge is -2.32. The van der Waals surface area contributed by atoms with Crippen molar-refractivity contribution in [1.82, 2.24) is 10.2 Å². The van der Waals surface area contributed by atoms with Crippen LogP contribution in [0.3, 0.4) is 0 Å². The molecule has 1 saturated heterocycles. The number of fused-ring (bicyclic) bond motifs is 1. The van der Waals surface area contributed by atoms with Crippen LogP contribution in [-0.2, 0) is 6.54 Å². The first-order valence-corrected chi connectivity index (χ1v) is 10.5. The minimum Gasteiger partial charge on any atom is -0.502 e. The number of nitro benzene ring substituents is 1. The van der Waals surface area contributed by atoms with Crippen LogP contribution in [0.15, 0.2) is 45.6 Å². The lowest BCUT2D eigenvalue weighted by atomic mass is 10.0. The molecule has 9 nitrogen and oxygen atoms in total. The molecule has 0 atom stereocenters. The van der Waals surface area contributed by atoms with Crippen molar-refractivity contribution in [1.29, 1.82) is 0 Å². The number of likely N-dealkylation sites (tertiary alicyclic amines) is 1. The van der Waals surface area contributed by atoms with Crippen molar-refractivity contribution in [3.05, 3.63) is 79.4 Å². The first-order valence-electron chi connectivity index (χ1n) is 10.5. The van der Waals surface area contributed by atoms with Crippen molar-refractivity contribution in [2.24, 2.45) is 0 Å². The SMILES string of the molecule is Cc1c(O)c([N+](=O)[O-])cc2cc(C(=O)NC3CCN(Cc4ccc(F)cc4)CC3)c(=O)oc12. The Kier molecular flexibility index (Phi) is 6.10. The minimum absolute atomic E-state index is 0.00579. The van der Waals surface area contributed by atoms with E-state index in [1.54, 1.807) is 12.1 Å². The number of benzene rings is 2. The molecule has 2 aromatic carbocycles. The third kappa shape index (κ3) is 4.70. The molecule has 0 aliphatic carbocycles. The second-order valence-corrected chi connectivity index (χ2v) is 8.14. The minimum atomic E-state index is -0.884. The van der Waals surface area contributed by atoms with Gasteiger partial charge in [-0.2, -0.15) is 0 Å². The number of phenols is 1. The number of nitro groups is 1. The maximum absolute atomic E-state index is 13.1. The highest BCUT2D eigenvalue weighted by Crippen LogP contribution is 2.35. The predicted octanol–water partition coefficient (Wildman–Crippen LogP) is 3.25. The Hall–Kier alpha value is -3.79. The number of nitrogens with zero attached hydrogens (tertiary/aromatic N) is 2. The molecule has 1 fully saturated rings. The van der Waals surface area contributed by atoms with E-state index >= 15 is 0 Å². The van der Waals surface area contributed by atoms with Gasteiger partial charge in [-0.3, -0.25) is 19.8 Å².